The quantitative estimate of drug-likeness (QED) is 0.729. The molecule has 6 nitrogen and oxygen atoms in total. The van der Waals surface area contributed by atoms with Gasteiger partial charge in [0, 0.05) is 38.8 Å². The summed E-state index contributed by atoms with van der Waals surface area (Å²) in [7, 11) is 2.87. The van der Waals surface area contributed by atoms with Gasteiger partial charge in [-0.25, -0.2) is 4.39 Å². The second-order valence-corrected chi connectivity index (χ2v) is 5.39. The largest absolute Gasteiger partial charge is 0.493 e. The molecule has 23 heavy (non-hydrogen) atoms. The predicted octanol–water partition coefficient (Wildman–Crippen LogP) is 0.868. The highest BCUT2D eigenvalue weighted by atomic mass is 19.1. The molecule has 0 bridgehead atoms. The van der Waals surface area contributed by atoms with Gasteiger partial charge in [-0.1, -0.05) is 0 Å². The van der Waals surface area contributed by atoms with Crippen LogP contribution >= 0.6 is 0 Å². The molecule has 1 heterocycles. The number of piperazine rings is 1. The molecule has 2 rings (SSSR count). The fourth-order valence-corrected chi connectivity index (χ4v) is 2.56. The lowest BCUT2D eigenvalue weighted by Crippen LogP contribution is -2.44. The standard InChI is InChI=1S/C16H24FN3O3/c1-22-14-10-12(13(17)11-15(14)23-2)16(21)19-4-3-7-20-8-5-18-6-9-20/h10-11,18H,3-9H2,1-2H3,(H,19,21). The summed E-state index contributed by atoms with van der Waals surface area (Å²) in [5.41, 5.74) is -0.0372. The summed E-state index contributed by atoms with van der Waals surface area (Å²) in [5.74, 6) is -0.467. The Bertz CT molecular complexity index is 534. The Kier molecular flexibility index (Phi) is 6.61. The predicted molar refractivity (Wildman–Crippen MR) is 85.8 cm³/mol. The topological polar surface area (TPSA) is 62.8 Å². The van der Waals surface area contributed by atoms with E-state index in [2.05, 4.69) is 15.5 Å². The van der Waals surface area contributed by atoms with Crippen molar-refractivity contribution in [3.63, 3.8) is 0 Å². The Morgan fingerprint density at radius 1 is 1.26 bits per heavy atom. The van der Waals surface area contributed by atoms with E-state index in [0.717, 1.165) is 45.2 Å². The van der Waals surface area contributed by atoms with E-state index in [9.17, 15) is 9.18 Å². The number of carbonyl (C=O) groups is 1. The fourth-order valence-electron chi connectivity index (χ4n) is 2.56. The number of nitrogens with zero attached hydrogens (tertiary/aromatic N) is 1. The van der Waals surface area contributed by atoms with Crippen LogP contribution in [0.4, 0.5) is 4.39 Å². The van der Waals surface area contributed by atoms with Crippen molar-refractivity contribution in [2.45, 2.75) is 6.42 Å². The summed E-state index contributed by atoms with van der Waals surface area (Å²) in [6.45, 7) is 5.50. The smallest absolute Gasteiger partial charge is 0.254 e. The zero-order valence-corrected chi connectivity index (χ0v) is 13.7. The van der Waals surface area contributed by atoms with Gasteiger partial charge in [0.2, 0.25) is 0 Å². The third-order valence-corrected chi connectivity index (χ3v) is 3.86. The van der Waals surface area contributed by atoms with Gasteiger partial charge in [-0.2, -0.15) is 0 Å². The lowest BCUT2D eigenvalue weighted by atomic mass is 10.1. The number of hydrogen-bond acceptors (Lipinski definition) is 5. The van der Waals surface area contributed by atoms with E-state index >= 15 is 0 Å². The van der Waals surface area contributed by atoms with E-state index in [1.165, 1.54) is 20.3 Å². The maximum absolute atomic E-state index is 14.0. The molecule has 1 aliphatic rings. The molecule has 0 aromatic heterocycles. The van der Waals surface area contributed by atoms with Crippen molar-refractivity contribution in [1.29, 1.82) is 0 Å². The Hall–Kier alpha value is -1.86. The number of benzene rings is 1. The van der Waals surface area contributed by atoms with Crippen molar-refractivity contribution in [2.24, 2.45) is 0 Å². The molecule has 7 heteroatoms. The van der Waals surface area contributed by atoms with Crippen LogP contribution in [0.15, 0.2) is 12.1 Å². The summed E-state index contributed by atoms with van der Waals surface area (Å²) in [6, 6.07) is 2.52. The number of halogens is 1. The molecule has 1 amide bonds. The number of amides is 1. The first-order valence-corrected chi connectivity index (χ1v) is 7.78. The third-order valence-electron chi connectivity index (χ3n) is 3.86. The molecule has 1 fully saturated rings. The molecule has 0 aliphatic carbocycles. The van der Waals surface area contributed by atoms with E-state index in [4.69, 9.17) is 9.47 Å². The second-order valence-electron chi connectivity index (χ2n) is 5.39. The molecule has 1 aromatic carbocycles. The number of nitrogens with one attached hydrogen (secondary N) is 2. The molecule has 1 aliphatic heterocycles. The Balaban J connectivity index is 1.85. The zero-order chi connectivity index (χ0) is 16.7. The van der Waals surface area contributed by atoms with Gasteiger partial charge in [0.15, 0.2) is 11.5 Å². The molecule has 128 valence electrons. The van der Waals surface area contributed by atoms with Crippen molar-refractivity contribution in [3.8, 4) is 11.5 Å². The summed E-state index contributed by atoms with van der Waals surface area (Å²) < 4.78 is 24.1. The average molecular weight is 325 g/mol. The summed E-state index contributed by atoms with van der Waals surface area (Å²) in [5, 5.41) is 6.05. The highest BCUT2D eigenvalue weighted by Gasteiger charge is 2.17. The van der Waals surface area contributed by atoms with E-state index in [0.29, 0.717) is 12.3 Å². The molecular weight excluding hydrogens is 301 g/mol. The van der Waals surface area contributed by atoms with Gasteiger partial charge in [0.05, 0.1) is 19.8 Å². The van der Waals surface area contributed by atoms with Crippen LogP contribution in [0, 0.1) is 5.82 Å². The Labute approximate surface area is 135 Å². The normalized spacial score (nSPS) is 15.3. The summed E-state index contributed by atoms with van der Waals surface area (Å²) in [6.07, 6.45) is 0.834. The van der Waals surface area contributed by atoms with Crippen molar-refractivity contribution in [2.75, 3.05) is 53.5 Å². The molecule has 1 aromatic rings. The lowest BCUT2D eigenvalue weighted by molar-refractivity contribution is 0.0946. The third kappa shape index (κ3) is 4.80. The van der Waals surface area contributed by atoms with Crippen LogP contribution in [0.25, 0.3) is 0 Å². The minimum atomic E-state index is -0.623. The first-order chi connectivity index (χ1) is 11.2. The lowest BCUT2D eigenvalue weighted by Gasteiger charge is -2.27. The number of methoxy groups -OCH3 is 2. The summed E-state index contributed by atoms with van der Waals surface area (Å²) in [4.78, 5) is 14.5. The zero-order valence-electron chi connectivity index (χ0n) is 13.7. The van der Waals surface area contributed by atoms with Gasteiger partial charge in [0.25, 0.3) is 5.91 Å². The number of hydrogen-bond donors (Lipinski definition) is 2. The van der Waals surface area contributed by atoms with Crippen LogP contribution < -0.4 is 20.1 Å². The van der Waals surface area contributed by atoms with E-state index in [-0.39, 0.29) is 11.3 Å². The molecule has 1 saturated heterocycles. The first-order valence-electron chi connectivity index (χ1n) is 7.78. The molecule has 0 atom stereocenters. The molecule has 0 spiro atoms. The average Bonchev–Trinajstić information content (AvgIpc) is 2.59. The van der Waals surface area contributed by atoms with Crippen molar-refractivity contribution in [1.82, 2.24) is 15.5 Å². The SMILES string of the molecule is COc1cc(F)c(C(=O)NCCCN2CCNCC2)cc1OC. The number of carbonyl (C=O) groups excluding carboxylic acids is 1. The van der Waals surface area contributed by atoms with Gasteiger partial charge in [0.1, 0.15) is 5.82 Å². The van der Waals surface area contributed by atoms with Gasteiger partial charge < -0.3 is 25.0 Å². The minimum Gasteiger partial charge on any atom is -0.493 e. The molecule has 0 unspecified atom stereocenters. The van der Waals surface area contributed by atoms with Crippen LogP contribution in [0.5, 0.6) is 11.5 Å². The second kappa shape index (κ2) is 8.69. The molecular formula is C16H24FN3O3. The van der Waals surface area contributed by atoms with Gasteiger partial charge in [-0.15, -0.1) is 0 Å². The van der Waals surface area contributed by atoms with Crippen molar-refractivity contribution >= 4 is 5.91 Å². The molecule has 0 saturated carbocycles. The van der Waals surface area contributed by atoms with Crippen LogP contribution in [0.2, 0.25) is 0 Å². The maximum Gasteiger partial charge on any atom is 0.254 e. The monoisotopic (exact) mass is 325 g/mol. The van der Waals surface area contributed by atoms with Crippen molar-refractivity contribution < 1.29 is 18.7 Å². The van der Waals surface area contributed by atoms with E-state index in [1.54, 1.807) is 0 Å². The van der Waals surface area contributed by atoms with E-state index < -0.39 is 11.7 Å². The fraction of sp³-hybridized carbons (Fsp3) is 0.562. The molecule has 2 N–H and O–H groups in total. The van der Waals surface area contributed by atoms with Gasteiger partial charge >= 0.3 is 0 Å². The van der Waals surface area contributed by atoms with Crippen LogP contribution in [0.1, 0.15) is 16.8 Å². The van der Waals surface area contributed by atoms with Crippen LogP contribution in [0.3, 0.4) is 0 Å². The number of rotatable bonds is 7. The Morgan fingerprint density at radius 2 is 1.91 bits per heavy atom. The number of ether oxygens (including phenoxy) is 2. The molecule has 0 radical (unpaired) electrons. The van der Waals surface area contributed by atoms with Gasteiger partial charge in [-0.3, -0.25) is 4.79 Å². The first kappa shape index (κ1) is 17.5. The van der Waals surface area contributed by atoms with Crippen LogP contribution in [-0.4, -0.2) is 64.3 Å². The maximum atomic E-state index is 14.0. The van der Waals surface area contributed by atoms with E-state index in [1.807, 2.05) is 0 Å². The highest BCUT2D eigenvalue weighted by Crippen LogP contribution is 2.29. The summed E-state index contributed by atoms with van der Waals surface area (Å²) >= 11 is 0. The minimum absolute atomic E-state index is 0.0372. The Morgan fingerprint density at radius 3 is 2.57 bits per heavy atom. The van der Waals surface area contributed by atoms with Gasteiger partial charge in [-0.05, 0) is 19.0 Å². The van der Waals surface area contributed by atoms with Crippen LogP contribution in [-0.2, 0) is 0 Å². The van der Waals surface area contributed by atoms with Crippen molar-refractivity contribution in [3.05, 3.63) is 23.5 Å². The highest BCUT2D eigenvalue weighted by molar-refractivity contribution is 5.95.